The van der Waals surface area contributed by atoms with Crippen molar-refractivity contribution >= 4 is 5.91 Å². The van der Waals surface area contributed by atoms with Crippen molar-refractivity contribution in [2.24, 2.45) is 0 Å². The molecule has 5 nitrogen and oxygen atoms in total. The first kappa shape index (κ1) is 14.0. The number of ether oxygens (including phenoxy) is 1. The fourth-order valence-electron chi connectivity index (χ4n) is 1.68. The molecule has 0 unspecified atom stereocenters. The average molecular weight is 281 g/mol. The molecule has 0 spiro atoms. The molecular formula is C13H13F2N3O2. The van der Waals surface area contributed by atoms with Gasteiger partial charge in [-0.15, -0.1) is 0 Å². The standard InChI is InChI=1S/C13H13F2N3O2/c14-13(15)20-10-4-2-1-3-9(10)12(19)18-6-5-11-16-7-8-17-11/h1-4,7-8,13H,5-6H2,(H,16,17)(H,18,19). The first-order valence-corrected chi connectivity index (χ1v) is 5.97. The molecule has 1 aromatic heterocycles. The van der Waals surface area contributed by atoms with Crippen molar-refractivity contribution in [3.63, 3.8) is 0 Å². The normalized spacial score (nSPS) is 10.6. The van der Waals surface area contributed by atoms with Gasteiger partial charge < -0.3 is 15.0 Å². The average Bonchev–Trinajstić information content (AvgIpc) is 2.91. The second-order valence-corrected chi connectivity index (χ2v) is 3.92. The zero-order valence-electron chi connectivity index (χ0n) is 10.5. The number of carbonyl (C=O) groups is 1. The lowest BCUT2D eigenvalue weighted by atomic mass is 10.2. The van der Waals surface area contributed by atoms with Gasteiger partial charge in [-0.1, -0.05) is 12.1 Å². The second kappa shape index (κ2) is 6.65. The van der Waals surface area contributed by atoms with Gasteiger partial charge in [0.05, 0.1) is 5.56 Å². The zero-order chi connectivity index (χ0) is 14.4. The van der Waals surface area contributed by atoms with Gasteiger partial charge in [-0.05, 0) is 12.1 Å². The Morgan fingerprint density at radius 2 is 2.20 bits per heavy atom. The number of H-pyrrole nitrogens is 1. The third kappa shape index (κ3) is 3.78. The summed E-state index contributed by atoms with van der Waals surface area (Å²) in [5, 5.41) is 2.63. The molecule has 2 N–H and O–H groups in total. The van der Waals surface area contributed by atoms with Gasteiger partial charge in [-0.25, -0.2) is 4.98 Å². The maximum atomic E-state index is 12.2. The lowest BCUT2D eigenvalue weighted by molar-refractivity contribution is -0.0501. The lowest BCUT2D eigenvalue weighted by Gasteiger charge is -2.10. The van der Waals surface area contributed by atoms with Crippen LogP contribution in [0.4, 0.5) is 8.78 Å². The van der Waals surface area contributed by atoms with E-state index in [0.717, 1.165) is 5.82 Å². The molecule has 0 saturated heterocycles. The smallest absolute Gasteiger partial charge is 0.387 e. The topological polar surface area (TPSA) is 67.0 Å². The van der Waals surface area contributed by atoms with E-state index in [-0.39, 0.29) is 11.3 Å². The molecule has 106 valence electrons. The maximum absolute atomic E-state index is 12.2. The summed E-state index contributed by atoms with van der Waals surface area (Å²) in [6, 6.07) is 5.87. The van der Waals surface area contributed by atoms with Gasteiger partial charge in [0.25, 0.3) is 5.91 Å². The number of rotatable bonds is 6. The summed E-state index contributed by atoms with van der Waals surface area (Å²) in [7, 11) is 0. The van der Waals surface area contributed by atoms with E-state index in [9.17, 15) is 13.6 Å². The van der Waals surface area contributed by atoms with Crippen LogP contribution in [0.2, 0.25) is 0 Å². The highest BCUT2D eigenvalue weighted by molar-refractivity contribution is 5.96. The summed E-state index contributed by atoms with van der Waals surface area (Å²) in [5.41, 5.74) is 0.0762. The molecule has 0 fully saturated rings. The Bertz CT molecular complexity index is 559. The van der Waals surface area contributed by atoms with Crippen LogP contribution in [0.15, 0.2) is 36.7 Å². The monoisotopic (exact) mass is 281 g/mol. The molecule has 0 atom stereocenters. The number of imidazole rings is 1. The molecule has 0 bridgehead atoms. The number of aromatic amines is 1. The molecule has 0 saturated carbocycles. The number of amides is 1. The molecule has 0 aliphatic rings. The number of alkyl halides is 2. The predicted molar refractivity (Wildman–Crippen MR) is 67.7 cm³/mol. The van der Waals surface area contributed by atoms with Crippen molar-refractivity contribution < 1.29 is 18.3 Å². The van der Waals surface area contributed by atoms with E-state index in [1.807, 2.05) is 0 Å². The molecule has 20 heavy (non-hydrogen) atoms. The number of hydrogen-bond donors (Lipinski definition) is 2. The molecule has 1 heterocycles. The van der Waals surface area contributed by atoms with Gasteiger partial charge in [0, 0.05) is 25.4 Å². The summed E-state index contributed by atoms with van der Waals surface area (Å²) in [4.78, 5) is 18.8. The molecule has 0 aliphatic carbocycles. The minimum Gasteiger partial charge on any atom is -0.434 e. The molecular weight excluding hydrogens is 268 g/mol. The van der Waals surface area contributed by atoms with E-state index in [0.29, 0.717) is 13.0 Å². The number of aromatic nitrogens is 2. The van der Waals surface area contributed by atoms with E-state index in [1.54, 1.807) is 18.5 Å². The van der Waals surface area contributed by atoms with Crippen LogP contribution in [0, 0.1) is 0 Å². The van der Waals surface area contributed by atoms with Gasteiger partial charge in [0.15, 0.2) is 0 Å². The Morgan fingerprint density at radius 1 is 1.40 bits per heavy atom. The molecule has 2 rings (SSSR count). The summed E-state index contributed by atoms with van der Waals surface area (Å²) < 4.78 is 28.8. The molecule has 0 aliphatic heterocycles. The number of hydrogen-bond acceptors (Lipinski definition) is 3. The van der Waals surface area contributed by atoms with Crippen molar-refractivity contribution in [2.45, 2.75) is 13.0 Å². The molecule has 0 radical (unpaired) electrons. The highest BCUT2D eigenvalue weighted by Crippen LogP contribution is 2.19. The van der Waals surface area contributed by atoms with Crippen LogP contribution in [-0.2, 0) is 6.42 Å². The van der Waals surface area contributed by atoms with Crippen LogP contribution in [0.1, 0.15) is 16.2 Å². The zero-order valence-corrected chi connectivity index (χ0v) is 10.5. The highest BCUT2D eigenvalue weighted by Gasteiger charge is 2.14. The number of nitrogens with one attached hydrogen (secondary N) is 2. The Balaban J connectivity index is 1.94. The number of para-hydroxylation sites is 1. The van der Waals surface area contributed by atoms with Crippen molar-refractivity contribution in [3.05, 3.63) is 48.0 Å². The number of halogens is 2. The summed E-state index contributed by atoms with van der Waals surface area (Å²) in [6.45, 7) is -2.62. The third-order valence-corrected chi connectivity index (χ3v) is 2.55. The Kier molecular flexibility index (Phi) is 4.65. The summed E-state index contributed by atoms with van der Waals surface area (Å²) in [5.74, 6) is 0.133. The van der Waals surface area contributed by atoms with Crippen molar-refractivity contribution in [3.8, 4) is 5.75 Å². The number of nitrogens with zero attached hydrogens (tertiary/aromatic N) is 1. The Morgan fingerprint density at radius 3 is 2.90 bits per heavy atom. The van der Waals surface area contributed by atoms with Crippen LogP contribution < -0.4 is 10.1 Å². The highest BCUT2D eigenvalue weighted by atomic mass is 19.3. The lowest BCUT2D eigenvalue weighted by Crippen LogP contribution is -2.26. The first-order valence-electron chi connectivity index (χ1n) is 5.97. The van der Waals surface area contributed by atoms with E-state index < -0.39 is 12.5 Å². The van der Waals surface area contributed by atoms with Crippen molar-refractivity contribution in [2.75, 3.05) is 6.54 Å². The van der Waals surface area contributed by atoms with Gasteiger partial charge in [-0.2, -0.15) is 8.78 Å². The molecule has 1 amide bonds. The number of carbonyl (C=O) groups excluding carboxylic acids is 1. The Hall–Kier alpha value is -2.44. The van der Waals surface area contributed by atoms with Crippen LogP contribution in [0.5, 0.6) is 5.75 Å². The van der Waals surface area contributed by atoms with Gasteiger partial charge >= 0.3 is 6.61 Å². The third-order valence-electron chi connectivity index (χ3n) is 2.55. The van der Waals surface area contributed by atoms with Crippen molar-refractivity contribution in [1.82, 2.24) is 15.3 Å². The van der Waals surface area contributed by atoms with E-state index in [1.165, 1.54) is 18.2 Å². The van der Waals surface area contributed by atoms with Crippen LogP contribution in [0.3, 0.4) is 0 Å². The van der Waals surface area contributed by atoms with E-state index >= 15 is 0 Å². The largest absolute Gasteiger partial charge is 0.434 e. The minimum absolute atomic E-state index is 0.0762. The number of benzene rings is 1. The first-order chi connectivity index (χ1) is 9.66. The van der Waals surface area contributed by atoms with E-state index in [4.69, 9.17) is 0 Å². The fraction of sp³-hybridized carbons (Fsp3) is 0.231. The van der Waals surface area contributed by atoms with Gasteiger partial charge in [-0.3, -0.25) is 4.79 Å². The van der Waals surface area contributed by atoms with Crippen LogP contribution in [-0.4, -0.2) is 29.0 Å². The van der Waals surface area contributed by atoms with Crippen LogP contribution >= 0.6 is 0 Å². The van der Waals surface area contributed by atoms with Crippen molar-refractivity contribution in [1.29, 1.82) is 0 Å². The minimum atomic E-state index is -2.97. The molecule has 7 heteroatoms. The predicted octanol–water partition coefficient (Wildman–Crippen LogP) is 1.98. The maximum Gasteiger partial charge on any atom is 0.387 e. The quantitative estimate of drug-likeness (QED) is 0.851. The molecule has 1 aromatic carbocycles. The SMILES string of the molecule is O=C(NCCc1ncc[nH]1)c1ccccc1OC(F)F. The Labute approximate surface area is 114 Å². The fourth-order valence-corrected chi connectivity index (χ4v) is 1.68. The second-order valence-electron chi connectivity index (χ2n) is 3.92. The summed E-state index contributed by atoms with van der Waals surface area (Å²) >= 11 is 0. The molecule has 2 aromatic rings. The van der Waals surface area contributed by atoms with Gasteiger partial charge in [0.2, 0.25) is 0 Å². The van der Waals surface area contributed by atoms with Crippen LogP contribution in [0.25, 0.3) is 0 Å². The summed E-state index contributed by atoms with van der Waals surface area (Å²) in [6.07, 6.45) is 3.82. The van der Waals surface area contributed by atoms with E-state index in [2.05, 4.69) is 20.0 Å². The van der Waals surface area contributed by atoms with Gasteiger partial charge in [0.1, 0.15) is 11.6 Å².